The van der Waals surface area contributed by atoms with Gasteiger partial charge in [-0.2, -0.15) is 0 Å². The zero-order valence-electron chi connectivity index (χ0n) is 15.4. The van der Waals surface area contributed by atoms with Gasteiger partial charge in [0.15, 0.2) is 5.96 Å². The molecule has 7 heteroatoms. The Balaban J connectivity index is 1.55. The minimum Gasteiger partial charge on any atom is -0.368 e. The van der Waals surface area contributed by atoms with E-state index in [0.717, 1.165) is 62.3 Å². The SMILES string of the molecule is CCNC(=NCCc1ncc(C)s1)N1CCN(c2ccc(F)cc2)CC1. The Bertz CT molecular complexity index is 720. The van der Waals surface area contributed by atoms with Crippen molar-refractivity contribution >= 4 is 23.0 Å². The van der Waals surface area contributed by atoms with Crippen LogP contribution in [0.2, 0.25) is 0 Å². The van der Waals surface area contributed by atoms with E-state index in [2.05, 4.69) is 33.9 Å². The molecule has 1 aliphatic heterocycles. The van der Waals surface area contributed by atoms with Crippen molar-refractivity contribution in [1.82, 2.24) is 15.2 Å². The van der Waals surface area contributed by atoms with Crippen LogP contribution in [-0.4, -0.2) is 55.1 Å². The quantitative estimate of drug-likeness (QED) is 0.645. The molecule has 1 N–H and O–H groups in total. The van der Waals surface area contributed by atoms with Gasteiger partial charge in [-0.25, -0.2) is 9.37 Å². The molecule has 0 saturated carbocycles. The van der Waals surface area contributed by atoms with Crippen molar-refractivity contribution in [1.29, 1.82) is 0 Å². The van der Waals surface area contributed by atoms with Crippen LogP contribution >= 0.6 is 11.3 Å². The van der Waals surface area contributed by atoms with Gasteiger partial charge in [0.25, 0.3) is 0 Å². The minimum atomic E-state index is -0.190. The van der Waals surface area contributed by atoms with Crippen LogP contribution in [0.4, 0.5) is 10.1 Å². The summed E-state index contributed by atoms with van der Waals surface area (Å²) < 4.78 is 13.1. The first kappa shape index (κ1) is 18.6. The second kappa shape index (κ2) is 8.98. The smallest absolute Gasteiger partial charge is 0.194 e. The minimum absolute atomic E-state index is 0.190. The highest BCUT2D eigenvalue weighted by molar-refractivity contribution is 7.11. The third-order valence-electron chi connectivity index (χ3n) is 4.36. The van der Waals surface area contributed by atoms with Crippen molar-refractivity contribution in [2.45, 2.75) is 20.3 Å². The number of benzene rings is 1. The molecule has 0 spiro atoms. The number of nitrogens with one attached hydrogen (secondary N) is 1. The molecule has 0 amide bonds. The average Bonchev–Trinajstić information content (AvgIpc) is 3.07. The van der Waals surface area contributed by atoms with Gasteiger partial charge in [-0.3, -0.25) is 4.99 Å². The molecule has 3 rings (SSSR count). The van der Waals surface area contributed by atoms with Crippen LogP contribution in [-0.2, 0) is 6.42 Å². The third kappa shape index (κ3) is 4.94. The molecule has 1 aromatic carbocycles. The number of hydrogen-bond donors (Lipinski definition) is 1. The molecule has 0 aliphatic carbocycles. The van der Waals surface area contributed by atoms with Crippen molar-refractivity contribution in [2.24, 2.45) is 4.99 Å². The molecule has 26 heavy (non-hydrogen) atoms. The van der Waals surface area contributed by atoms with Gasteiger partial charge < -0.3 is 15.1 Å². The molecule has 0 unspecified atom stereocenters. The molecule has 2 aromatic rings. The highest BCUT2D eigenvalue weighted by Gasteiger charge is 2.19. The van der Waals surface area contributed by atoms with Crippen molar-refractivity contribution in [3.63, 3.8) is 0 Å². The van der Waals surface area contributed by atoms with Gasteiger partial charge >= 0.3 is 0 Å². The molecule has 0 bridgehead atoms. The predicted octanol–water partition coefficient (Wildman–Crippen LogP) is 2.92. The highest BCUT2D eigenvalue weighted by Crippen LogP contribution is 2.17. The van der Waals surface area contributed by atoms with Crippen LogP contribution in [0, 0.1) is 12.7 Å². The molecule has 1 fully saturated rings. The molecular weight excluding hydrogens is 349 g/mol. The first-order chi connectivity index (χ1) is 12.7. The number of aryl methyl sites for hydroxylation is 1. The fourth-order valence-corrected chi connectivity index (χ4v) is 3.80. The summed E-state index contributed by atoms with van der Waals surface area (Å²) in [4.78, 5) is 15.0. The van der Waals surface area contributed by atoms with Crippen LogP contribution in [0.15, 0.2) is 35.5 Å². The van der Waals surface area contributed by atoms with Gasteiger partial charge in [-0.15, -0.1) is 11.3 Å². The maximum absolute atomic E-state index is 13.1. The summed E-state index contributed by atoms with van der Waals surface area (Å²) >= 11 is 1.74. The van der Waals surface area contributed by atoms with E-state index >= 15 is 0 Å². The van der Waals surface area contributed by atoms with E-state index in [4.69, 9.17) is 4.99 Å². The van der Waals surface area contributed by atoms with Crippen molar-refractivity contribution in [3.8, 4) is 0 Å². The van der Waals surface area contributed by atoms with Gasteiger partial charge in [0.05, 0.1) is 5.01 Å². The summed E-state index contributed by atoms with van der Waals surface area (Å²) in [5.41, 5.74) is 1.08. The Morgan fingerprint density at radius 2 is 1.96 bits per heavy atom. The van der Waals surface area contributed by atoms with E-state index in [1.807, 2.05) is 18.3 Å². The van der Waals surface area contributed by atoms with Crippen LogP contribution in [0.3, 0.4) is 0 Å². The van der Waals surface area contributed by atoms with Gasteiger partial charge in [0.2, 0.25) is 0 Å². The van der Waals surface area contributed by atoms with Crippen LogP contribution in [0.5, 0.6) is 0 Å². The molecule has 1 aliphatic rings. The maximum Gasteiger partial charge on any atom is 0.194 e. The summed E-state index contributed by atoms with van der Waals surface area (Å²) in [6.45, 7) is 9.38. The maximum atomic E-state index is 13.1. The molecule has 140 valence electrons. The number of aromatic nitrogens is 1. The Kier molecular flexibility index (Phi) is 6.44. The summed E-state index contributed by atoms with van der Waals surface area (Å²) in [6, 6.07) is 6.74. The number of hydrogen-bond acceptors (Lipinski definition) is 4. The molecule has 0 atom stereocenters. The summed E-state index contributed by atoms with van der Waals surface area (Å²) in [5, 5.41) is 4.54. The fourth-order valence-electron chi connectivity index (χ4n) is 3.03. The molecule has 5 nitrogen and oxygen atoms in total. The summed E-state index contributed by atoms with van der Waals surface area (Å²) in [6.07, 6.45) is 2.80. The topological polar surface area (TPSA) is 43.8 Å². The monoisotopic (exact) mass is 375 g/mol. The van der Waals surface area contributed by atoms with Crippen molar-refractivity contribution in [2.75, 3.05) is 44.2 Å². The number of piperazine rings is 1. The molecule has 1 saturated heterocycles. The standard InChI is InChI=1S/C19H26FN5S/c1-3-21-19(22-9-8-18-23-14-15(2)26-18)25-12-10-24(11-13-25)17-6-4-16(20)5-7-17/h4-7,14H,3,8-13H2,1-2H3,(H,21,22). The normalized spacial score (nSPS) is 15.4. The summed E-state index contributed by atoms with van der Waals surface area (Å²) in [7, 11) is 0. The molecule has 1 aromatic heterocycles. The fraction of sp³-hybridized carbons (Fsp3) is 0.474. The van der Waals surface area contributed by atoms with E-state index < -0.39 is 0 Å². The molecular formula is C19H26FN5S. The van der Waals surface area contributed by atoms with E-state index in [0.29, 0.717) is 0 Å². The lowest BCUT2D eigenvalue weighted by Crippen LogP contribution is -2.52. The van der Waals surface area contributed by atoms with Crippen molar-refractivity contribution in [3.05, 3.63) is 46.2 Å². The highest BCUT2D eigenvalue weighted by atomic mass is 32.1. The lowest BCUT2D eigenvalue weighted by molar-refractivity contribution is 0.372. The number of halogens is 1. The number of aliphatic imine (C=N–C) groups is 1. The van der Waals surface area contributed by atoms with Crippen LogP contribution < -0.4 is 10.2 Å². The van der Waals surface area contributed by atoms with E-state index in [-0.39, 0.29) is 5.82 Å². The number of guanidine groups is 1. The Labute approximate surface area is 158 Å². The largest absolute Gasteiger partial charge is 0.368 e. The number of thiazole rings is 1. The van der Waals surface area contributed by atoms with E-state index in [1.54, 1.807) is 11.3 Å². The second-order valence-corrected chi connectivity index (χ2v) is 7.62. The average molecular weight is 376 g/mol. The van der Waals surface area contributed by atoms with E-state index in [9.17, 15) is 4.39 Å². The zero-order chi connectivity index (χ0) is 18.4. The van der Waals surface area contributed by atoms with Gasteiger partial charge in [-0.1, -0.05) is 0 Å². The van der Waals surface area contributed by atoms with Gasteiger partial charge in [-0.05, 0) is 38.1 Å². The lowest BCUT2D eigenvalue weighted by Gasteiger charge is -2.37. The Morgan fingerprint density at radius 3 is 2.58 bits per heavy atom. The second-order valence-electron chi connectivity index (χ2n) is 6.30. The first-order valence-corrected chi connectivity index (χ1v) is 9.92. The van der Waals surface area contributed by atoms with Crippen LogP contribution in [0.1, 0.15) is 16.8 Å². The first-order valence-electron chi connectivity index (χ1n) is 9.11. The molecule has 0 radical (unpaired) electrons. The van der Waals surface area contributed by atoms with Gasteiger partial charge in [0.1, 0.15) is 5.82 Å². The number of anilines is 1. The molecule has 2 heterocycles. The van der Waals surface area contributed by atoms with E-state index in [1.165, 1.54) is 17.0 Å². The number of rotatable bonds is 5. The third-order valence-corrected chi connectivity index (χ3v) is 5.33. The lowest BCUT2D eigenvalue weighted by atomic mass is 10.2. The van der Waals surface area contributed by atoms with Crippen molar-refractivity contribution < 1.29 is 4.39 Å². The van der Waals surface area contributed by atoms with Gasteiger partial charge in [0, 0.05) is 62.5 Å². The Hall–Kier alpha value is -2.15. The summed E-state index contributed by atoms with van der Waals surface area (Å²) in [5.74, 6) is 0.781. The zero-order valence-corrected chi connectivity index (χ0v) is 16.2. The Morgan fingerprint density at radius 1 is 1.23 bits per heavy atom. The predicted molar refractivity (Wildman–Crippen MR) is 107 cm³/mol. The number of nitrogens with zero attached hydrogens (tertiary/aromatic N) is 4. The van der Waals surface area contributed by atoms with Crippen LogP contribution in [0.25, 0.3) is 0 Å².